The van der Waals surface area contributed by atoms with Gasteiger partial charge in [-0.3, -0.25) is 0 Å². The van der Waals surface area contributed by atoms with Crippen LogP contribution in [0.3, 0.4) is 0 Å². The first-order valence-electron chi connectivity index (χ1n) is 7.40. The lowest BCUT2D eigenvalue weighted by atomic mass is 9.99. The van der Waals surface area contributed by atoms with E-state index in [2.05, 4.69) is 46.4 Å². The summed E-state index contributed by atoms with van der Waals surface area (Å²) in [7, 11) is 0. The molecule has 1 aliphatic heterocycles. The van der Waals surface area contributed by atoms with Gasteiger partial charge in [0.25, 0.3) is 0 Å². The molecule has 0 unspecified atom stereocenters. The molecule has 0 aliphatic carbocycles. The zero-order valence-electron chi connectivity index (χ0n) is 12.2. The van der Waals surface area contributed by atoms with Gasteiger partial charge in [0, 0.05) is 35.5 Å². The zero-order chi connectivity index (χ0) is 14.7. The van der Waals surface area contributed by atoms with Gasteiger partial charge in [-0.25, -0.2) is 4.98 Å². The molecule has 1 fully saturated rings. The maximum Gasteiger partial charge on any atom is 0.183 e. The first-order chi connectivity index (χ1) is 10.2. The third-order valence-electron chi connectivity index (χ3n) is 4.01. The van der Waals surface area contributed by atoms with E-state index in [0.29, 0.717) is 4.47 Å². The number of thiazole rings is 1. The molecule has 5 heteroatoms. The summed E-state index contributed by atoms with van der Waals surface area (Å²) >= 11 is 7.35. The first kappa shape index (κ1) is 14.7. The maximum absolute atomic E-state index is 5.83. The minimum Gasteiger partial charge on any atom is -0.380 e. The molecular formula is C16H20ClN3S. The van der Waals surface area contributed by atoms with Gasteiger partial charge < -0.3 is 10.2 Å². The summed E-state index contributed by atoms with van der Waals surface area (Å²) in [4.78, 5) is 7.67. The van der Waals surface area contributed by atoms with Gasteiger partial charge in [-0.05, 0) is 43.0 Å². The molecule has 3 rings (SSSR count). The Kier molecular flexibility index (Phi) is 4.66. The maximum atomic E-state index is 5.83. The van der Waals surface area contributed by atoms with Crippen molar-refractivity contribution in [3.63, 3.8) is 0 Å². The molecule has 3 nitrogen and oxygen atoms in total. The molecule has 0 saturated carbocycles. The summed E-state index contributed by atoms with van der Waals surface area (Å²) in [5.74, 6) is 0.869. The molecule has 112 valence electrons. The molecule has 2 aromatic rings. The number of nitrogens with one attached hydrogen (secondary N) is 1. The van der Waals surface area contributed by atoms with Crippen LogP contribution in [-0.2, 0) is 6.54 Å². The van der Waals surface area contributed by atoms with Crippen LogP contribution in [-0.4, -0.2) is 18.1 Å². The Hall–Kier alpha value is -1.26. The number of benzene rings is 1. The van der Waals surface area contributed by atoms with E-state index in [1.807, 2.05) is 6.20 Å². The SMILES string of the molecule is CC1CCN(c2ccc(NCc3cnc(Cl)s3)cc2)CC1. The number of aromatic nitrogens is 1. The molecule has 0 atom stereocenters. The minimum absolute atomic E-state index is 0.599. The van der Waals surface area contributed by atoms with Crippen molar-refractivity contribution in [2.45, 2.75) is 26.3 Å². The molecule has 21 heavy (non-hydrogen) atoms. The number of hydrogen-bond acceptors (Lipinski definition) is 4. The summed E-state index contributed by atoms with van der Waals surface area (Å²) in [5.41, 5.74) is 2.46. The lowest BCUT2D eigenvalue weighted by Gasteiger charge is -2.32. The Morgan fingerprint density at radius 3 is 2.62 bits per heavy atom. The van der Waals surface area contributed by atoms with Crippen LogP contribution < -0.4 is 10.2 Å². The predicted octanol–water partition coefficient (Wildman–Crippen LogP) is 4.64. The highest BCUT2D eigenvalue weighted by molar-refractivity contribution is 7.15. The Balaban J connectivity index is 1.56. The van der Waals surface area contributed by atoms with E-state index >= 15 is 0 Å². The van der Waals surface area contributed by atoms with E-state index in [1.54, 1.807) is 0 Å². The van der Waals surface area contributed by atoms with Crippen molar-refractivity contribution in [2.75, 3.05) is 23.3 Å². The normalized spacial score (nSPS) is 16.2. The second-order valence-corrected chi connectivity index (χ2v) is 7.35. The number of hydrogen-bond donors (Lipinski definition) is 1. The average molecular weight is 322 g/mol. The summed E-state index contributed by atoms with van der Waals surface area (Å²) in [5, 5.41) is 3.40. The number of piperidine rings is 1. The molecule has 0 radical (unpaired) electrons. The highest BCUT2D eigenvalue weighted by atomic mass is 35.5. The van der Waals surface area contributed by atoms with E-state index in [0.717, 1.165) is 23.0 Å². The largest absolute Gasteiger partial charge is 0.380 e. The lowest BCUT2D eigenvalue weighted by Crippen LogP contribution is -2.32. The highest BCUT2D eigenvalue weighted by Crippen LogP contribution is 2.25. The van der Waals surface area contributed by atoms with Gasteiger partial charge >= 0.3 is 0 Å². The summed E-state index contributed by atoms with van der Waals surface area (Å²) < 4.78 is 0.599. The number of nitrogens with zero attached hydrogens (tertiary/aromatic N) is 2. The van der Waals surface area contributed by atoms with E-state index < -0.39 is 0 Å². The van der Waals surface area contributed by atoms with Gasteiger partial charge in [-0.15, -0.1) is 11.3 Å². The van der Waals surface area contributed by atoms with E-state index in [4.69, 9.17) is 11.6 Å². The molecule has 1 aromatic heterocycles. The molecule has 0 amide bonds. The van der Waals surface area contributed by atoms with Crippen LogP contribution in [0.1, 0.15) is 24.6 Å². The molecule has 1 aromatic carbocycles. The molecule has 0 spiro atoms. The summed E-state index contributed by atoms with van der Waals surface area (Å²) in [6.45, 7) is 5.46. The first-order valence-corrected chi connectivity index (χ1v) is 8.59. The van der Waals surface area contributed by atoms with Crippen molar-refractivity contribution >= 4 is 34.3 Å². The Labute approximate surface area is 135 Å². The van der Waals surface area contributed by atoms with Crippen molar-refractivity contribution in [3.8, 4) is 0 Å². The third kappa shape index (κ3) is 3.89. The van der Waals surface area contributed by atoms with Crippen molar-refractivity contribution in [1.82, 2.24) is 4.98 Å². The molecule has 1 N–H and O–H groups in total. The van der Waals surface area contributed by atoms with Crippen molar-refractivity contribution in [3.05, 3.63) is 39.8 Å². The van der Waals surface area contributed by atoms with Gasteiger partial charge in [-0.2, -0.15) is 0 Å². The zero-order valence-corrected chi connectivity index (χ0v) is 13.8. The third-order valence-corrected chi connectivity index (χ3v) is 5.12. The Bertz CT molecular complexity index is 573. The molecule has 2 heterocycles. The van der Waals surface area contributed by atoms with Gasteiger partial charge in [0.05, 0.1) is 6.54 Å². The number of rotatable bonds is 4. The predicted molar refractivity (Wildman–Crippen MR) is 91.5 cm³/mol. The van der Waals surface area contributed by atoms with Crippen LogP contribution in [0.5, 0.6) is 0 Å². The fourth-order valence-electron chi connectivity index (χ4n) is 2.61. The fourth-order valence-corrected chi connectivity index (χ4v) is 3.53. The van der Waals surface area contributed by atoms with Crippen LogP contribution >= 0.6 is 22.9 Å². The standard InChI is InChI=1S/C16H20ClN3S/c1-12-6-8-20(9-7-12)14-4-2-13(3-5-14)18-10-15-11-19-16(17)21-15/h2-5,11-12,18H,6-10H2,1H3. The number of anilines is 2. The van der Waals surface area contributed by atoms with Gasteiger partial charge in [0.1, 0.15) is 0 Å². The van der Waals surface area contributed by atoms with Crippen LogP contribution in [0.15, 0.2) is 30.5 Å². The molecule has 1 saturated heterocycles. The summed E-state index contributed by atoms with van der Waals surface area (Å²) in [6.07, 6.45) is 4.42. The summed E-state index contributed by atoms with van der Waals surface area (Å²) in [6, 6.07) is 8.71. The average Bonchev–Trinajstić information content (AvgIpc) is 2.92. The van der Waals surface area contributed by atoms with Crippen LogP contribution in [0.25, 0.3) is 0 Å². The van der Waals surface area contributed by atoms with E-state index in [1.165, 1.54) is 43.0 Å². The number of halogens is 1. The van der Waals surface area contributed by atoms with Gasteiger partial charge in [0.15, 0.2) is 4.47 Å². The van der Waals surface area contributed by atoms with Gasteiger partial charge in [0.2, 0.25) is 0 Å². The van der Waals surface area contributed by atoms with Crippen molar-refractivity contribution < 1.29 is 0 Å². The van der Waals surface area contributed by atoms with Crippen LogP contribution in [0, 0.1) is 5.92 Å². The van der Waals surface area contributed by atoms with Crippen molar-refractivity contribution in [2.24, 2.45) is 5.92 Å². The lowest BCUT2D eigenvalue weighted by molar-refractivity contribution is 0.438. The Morgan fingerprint density at radius 1 is 1.29 bits per heavy atom. The molecular weight excluding hydrogens is 302 g/mol. The topological polar surface area (TPSA) is 28.2 Å². The minimum atomic E-state index is 0.599. The van der Waals surface area contributed by atoms with E-state index in [9.17, 15) is 0 Å². The molecule has 0 bridgehead atoms. The van der Waals surface area contributed by atoms with Crippen LogP contribution in [0.2, 0.25) is 4.47 Å². The fraction of sp³-hybridized carbons (Fsp3) is 0.438. The second kappa shape index (κ2) is 6.67. The van der Waals surface area contributed by atoms with Gasteiger partial charge in [-0.1, -0.05) is 18.5 Å². The Morgan fingerprint density at radius 2 is 2.00 bits per heavy atom. The molecule has 1 aliphatic rings. The van der Waals surface area contributed by atoms with Crippen LogP contribution in [0.4, 0.5) is 11.4 Å². The van der Waals surface area contributed by atoms with E-state index in [-0.39, 0.29) is 0 Å². The highest BCUT2D eigenvalue weighted by Gasteiger charge is 2.15. The smallest absolute Gasteiger partial charge is 0.183 e. The quantitative estimate of drug-likeness (QED) is 0.888. The second-order valence-electron chi connectivity index (χ2n) is 5.65. The van der Waals surface area contributed by atoms with Crippen molar-refractivity contribution in [1.29, 1.82) is 0 Å². The monoisotopic (exact) mass is 321 g/mol.